The van der Waals surface area contributed by atoms with Crippen LogP contribution < -0.4 is 10.1 Å². The Hall–Kier alpha value is -1.13. The lowest BCUT2D eigenvalue weighted by atomic mass is 10.1. The van der Waals surface area contributed by atoms with E-state index < -0.39 is 0 Å². The number of nitrogens with one attached hydrogen (secondary N) is 1. The molecule has 1 fully saturated rings. The molecule has 1 aromatic rings. The number of nitrogens with zero attached hydrogens (tertiary/aromatic N) is 1. The molecular weight excluding hydrogens is 240 g/mol. The van der Waals surface area contributed by atoms with Crippen molar-refractivity contribution in [2.24, 2.45) is 0 Å². The molecule has 2 heterocycles. The lowest BCUT2D eigenvalue weighted by Crippen LogP contribution is -2.21. The average molecular weight is 264 g/mol. The Morgan fingerprint density at radius 3 is 3.00 bits per heavy atom. The normalized spacial score (nSPS) is 18.8. The summed E-state index contributed by atoms with van der Waals surface area (Å²) in [6.45, 7) is 9.59. The molecule has 0 saturated carbocycles. The van der Waals surface area contributed by atoms with Crippen LogP contribution in [0.5, 0.6) is 5.88 Å². The highest BCUT2D eigenvalue weighted by molar-refractivity contribution is 5.36. The Kier molecular flexibility index (Phi) is 5.16. The molecule has 19 heavy (non-hydrogen) atoms. The molecule has 0 amide bonds. The fourth-order valence-electron chi connectivity index (χ4n) is 2.30. The summed E-state index contributed by atoms with van der Waals surface area (Å²) >= 11 is 0. The van der Waals surface area contributed by atoms with Crippen molar-refractivity contribution in [1.29, 1.82) is 0 Å². The second kappa shape index (κ2) is 6.87. The molecule has 0 spiro atoms. The van der Waals surface area contributed by atoms with Crippen molar-refractivity contribution < 1.29 is 9.47 Å². The van der Waals surface area contributed by atoms with Gasteiger partial charge in [-0.05, 0) is 38.4 Å². The van der Waals surface area contributed by atoms with Crippen molar-refractivity contribution in [3.05, 3.63) is 22.9 Å². The van der Waals surface area contributed by atoms with Crippen molar-refractivity contribution in [3.8, 4) is 5.88 Å². The van der Waals surface area contributed by atoms with Crippen LogP contribution in [0.25, 0.3) is 0 Å². The van der Waals surface area contributed by atoms with Gasteiger partial charge in [0.25, 0.3) is 0 Å². The molecule has 106 valence electrons. The van der Waals surface area contributed by atoms with Gasteiger partial charge in [0, 0.05) is 24.2 Å². The summed E-state index contributed by atoms with van der Waals surface area (Å²) in [5.41, 5.74) is 3.42. The van der Waals surface area contributed by atoms with E-state index in [-0.39, 0.29) is 6.10 Å². The van der Waals surface area contributed by atoms with Gasteiger partial charge in [-0.15, -0.1) is 0 Å². The predicted octanol–water partition coefficient (Wildman–Crippen LogP) is 2.37. The van der Waals surface area contributed by atoms with E-state index in [1.54, 1.807) is 0 Å². The zero-order chi connectivity index (χ0) is 13.7. The summed E-state index contributed by atoms with van der Waals surface area (Å²) in [6, 6.07) is 2.11. The second-order valence-electron chi connectivity index (χ2n) is 5.14. The van der Waals surface area contributed by atoms with Crippen LogP contribution in [0.4, 0.5) is 0 Å². The minimum absolute atomic E-state index is 0.152. The van der Waals surface area contributed by atoms with E-state index in [0.29, 0.717) is 6.61 Å². The van der Waals surface area contributed by atoms with Gasteiger partial charge in [0.15, 0.2) is 0 Å². The number of ether oxygens (including phenoxy) is 2. The summed E-state index contributed by atoms with van der Waals surface area (Å²) in [6.07, 6.45) is 2.24. The molecule has 1 atom stereocenters. The van der Waals surface area contributed by atoms with Crippen molar-refractivity contribution in [2.75, 3.05) is 19.8 Å². The maximum Gasteiger partial charge on any atom is 0.218 e. The van der Waals surface area contributed by atoms with Gasteiger partial charge in [0.05, 0.1) is 13.2 Å². The van der Waals surface area contributed by atoms with Crippen LogP contribution in [0.3, 0.4) is 0 Å². The molecule has 0 radical (unpaired) electrons. The quantitative estimate of drug-likeness (QED) is 0.801. The molecule has 0 aliphatic carbocycles. The first-order valence-corrected chi connectivity index (χ1v) is 7.13. The number of aromatic nitrogens is 1. The van der Waals surface area contributed by atoms with Crippen molar-refractivity contribution in [2.45, 2.75) is 46.3 Å². The van der Waals surface area contributed by atoms with Gasteiger partial charge in [-0.25, -0.2) is 4.98 Å². The molecule has 1 aliphatic heterocycles. The summed E-state index contributed by atoms with van der Waals surface area (Å²) in [4.78, 5) is 4.56. The summed E-state index contributed by atoms with van der Waals surface area (Å²) in [5, 5.41) is 3.43. The first kappa shape index (κ1) is 14.3. The van der Waals surface area contributed by atoms with Crippen LogP contribution in [0, 0.1) is 13.8 Å². The largest absolute Gasteiger partial charge is 0.472 e. The molecule has 0 bridgehead atoms. The van der Waals surface area contributed by atoms with Crippen LogP contribution in [-0.4, -0.2) is 30.8 Å². The third-order valence-corrected chi connectivity index (χ3v) is 3.33. The van der Waals surface area contributed by atoms with Crippen LogP contribution in [-0.2, 0) is 11.3 Å². The van der Waals surface area contributed by atoms with E-state index in [1.807, 2.05) is 6.92 Å². The highest BCUT2D eigenvalue weighted by atomic mass is 16.5. The smallest absolute Gasteiger partial charge is 0.218 e. The molecule has 1 aliphatic rings. The first-order chi connectivity index (χ1) is 9.20. The lowest BCUT2D eigenvalue weighted by Gasteiger charge is -2.17. The molecule has 4 nitrogen and oxygen atoms in total. The lowest BCUT2D eigenvalue weighted by molar-refractivity contribution is 0.137. The topological polar surface area (TPSA) is 43.4 Å². The van der Waals surface area contributed by atoms with E-state index in [2.05, 4.69) is 30.2 Å². The fraction of sp³-hybridized carbons (Fsp3) is 0.667. The van der Waals surface area contributed by atoms with Crippen molar-refractivity contribution >= 4 is 0 Å². The average Bonchev–Trinajstić information content (AvgIpc) is 2.85. The number of hydrogen-bond donors (Lipinski definition) is 1. The van der Waals surface area contributed by atoms with Crippen LogP contribution in [0.2, 0.25) is 0 Å². The number of hydrogen-bond acceptors (Lipinski definition) is 4. The molecule has 1 unspecified atom stereocenters. The minimum atomic E-state index is 0.152. The zero-order valence-corrected chi connectivity index (χ0v) is 12.2. The second-order valence-corrected chi connectivity index (χ2v) is 5.14. The molecule has 1 saturated heterocycles. The molecule has 0 aromatic carbocycles. The van der Waals surface area contributed by atoms with Gasteiger partial charge >= 0.3 is 0 Å². The number of aryl methyl sites for hydroxylation is 2. The Labute approximate surface area is 115 Å². The Balaban J connectivity index is 2.13. The summed E-state index contributed by atoms with van der Waals surface area (Å²) < 4.78 is 11.4. The first-order valence-electron chi connectivity index (χ1n) is 7.13. The molecular formula is C15H24N2O2. The fourth-order valence-corrected chi connectivity index (χ4v) is 2.30. The van der Waals surface area contributed by atoms with Crippen LogP contribution in [0.1, 0.15) is 36.6 Å². The maximum atomic E-state index is 6.02. The summed E-state index contributed by atoms with van der Waals surface area (Å²) in [5.74, 6) is 0.775. The highest BCUT2D eigenvalue weighted by Crippen LogP contribution is 2.23. The van der Waals surface area contributed by atoms with Gasteiger partial charge in [0.1, 0.15) is 6.10 Å². The van der Waals surface area contributed by atoms with E-state index >= 15 is 0 Å². The minimum Gasteiger partial charge on any atom is -0.472 e. The van der Waals surface area contributed by atoms with E-state index in [4.69, 9.17) is 9.47 Å². The SMILES string of the molecule is CCCNCc1c(C)cc(C)nc1OC1CCOC1. The Morgan fingerprint density at radius 1 is 1.47 bits per heavy atom. The Morgan fingerprint density at radius 2 is 2.32 bits per heavy atom. The summed E-state index contributed by atoms with van der Waals surface area (Å²) in [7, 11) is 0. The van der Waals surface area contributed by atoms with Crippen LogP contribution in [0.15, 0.2) is 6.07 Å². The molecule has 1 aromatic heterocycles. The monoisotopic (exact) mass is 264 g/mol. The van der Waals surface area contributed by atoms with E-state index in [1.165, 1.54) is 11.1 Å². The van der Waals surface area contributed by atoms with Gasteiger partial charge in [0.2, 0.25) is 5.88 Å². The third-order valence-electron chi connectivity index (χ3n) is 3.33. The Bertz CT molecular complexity index is 415. The molecule has 4 heteroatoms. The predicted molar refractivity (Wildman–Crippen MR) is 75.6 cm³/mol. The third kappa shape index (κ3) is 3.91. The maximum absolute atomic E-state index is 6.02. The van der Waals surface area contributed by atoms with Gasteiger partial charge in [-0.2, -0.15) is 0 Å². The van der Waals surface area contributed by atoms with Crippen LogP contribution >= 0.6 is 0 Å². The van der Waals surface area contributed by atoms with E-state index in [9.17, 15) is 0 Å². The standard InChI is InChI=1S/C15H24N2O2/c1-4-6-16-9-14-11(2)8-12(3)17-15(14)19-13-5-7-18-10-13/h8,13,16H,4-7,9-10H2,1-3H3. The zero-order valence-electron chi connectivity index (χ0n) is 12.2. The number of rotatable bonds is 6. The molecule has 1 N–H and O–H groups in total. The van der Waals surface area contributed by atoms with Gasteiger partial charge < -0.3 is 14.8 Å². The van der Waals surface area contributed by atoms with Crippen molar-refractivity contribution in [3.63, 3.8) is 0 Å². The highest BCUT2D eigenvalue weighted by Gasteiger charge is 2.20. The number of pyridine rings is 1. The van der Waals surface area contributed by atoms with E-state index in [0.717, 1.165) is 44.1 Å². The van der Waals surface area contributed by atoms with Gasteiger partial charge in [-0.1, -0.05) is 6.92 Å². The molecule has 2 rings (SSSR count). The van der Waals surface area contributed by atoms with Crippen molar-refractivity contribution in [1.82, 2.24) is 10.3 Å². The van der Waals surface area contributed by atoms with Gasteiger partial charge in [-0.3, -0.25) is 0 Å².